The van der Waals surface area contributed by atoms with Crippen LogP contribution in [0.2, 0.25) is 5.02 Å². The molecule has 128 valence electrons. The Hall–Kier alpha value is -2.10. The summed E-state index contributed by atoms with van der Waals surface area (Å²) >= 11 is 6.25. The Bertz CT molecular complexity index is 970. The SMILES string of the molecule is C/C(=C/n1c2c(c3cc(Cl)ccc31)CN(C)CC2)c1ccc(F)cc1. The molecule has 3 aromatic rings. The van der Waals surface area contributed by atoms with Crippen molar-refractivity contribution in [3.63, 3.8) is 0 Å². The molecule has 1 aliphatic rings. The van der Waals surface area contributed by atoms with Crippen LogP contribution in [0.3, 0.4) is 0 Å². The first-order valence-corrected chi connectivity index (χ1v) is 8.85. The summed E-state index contributed by atoms with van der Waals surface area (Å²) in [5.41, 5.74) is 6.00. The van der Waals surface area contributed by atoms with Gasteiger partial charge in [0.1, 0.15) is 5.82 Å². The van der Waals surface area contributed by atoms with Crippen molar-refractivity contribution in [2.75, 3.05) is 13.6 Å². The summed E-state index contributed by atoms with van der Waals surface area (Å²) in [6.45, 7) is 4.04. The van der Waals surface area contributed by atoms with Crippen molar-refractivity contribution in [2.45, 2.75) is 19.9 Å². The molecule has 0 saturated heterocycles. The number of aromatic nitrogens is 1. The van der Waals surface area contributed by atoms with E-state index in [1.54, 1.807) is 0 Å². The van der Waals surface area contributed by atoms with Crippen molar-refractivity contribution in [1.82, 2.24) is 9.47 Å². The highest BCUT2D eigenvalue weighted by Crippen LogP contribution is 2.33. The summed E-state index contributed by atoms with van der Waals surface area (Å²) in [4.78, 5) is 2.34. The van der Waals surface area contributed by atoms with Gasteiger partial charge in [-0.05, 0) is 61.0 Å². The average molecular weight is 355 g/mol. The fourth-order valence-corrected chi connectivity index (χ4v) is 3.80. The van der Waals surface area contributed by atoms with E-state index in [-0.39, 0.29) is 5.82 Å². The van der Waals surface area contributed by atoms with Gasteiger partial charge in [0.25, 0.3) is 0 Å². The van der Waals surface area contributed by atoms with Gasteiger partial charge in [0.15, 0.2) is 0 Å². The molecule has 1 aliphatic heterocycles. The van der Waals surface area contributed by atoms with Crippen LogP contribution in [0.25, 0.3) is 22.7 Å². The van der Waals surface area contributed by atoms with E-state index < -0.39 is 0 Å². The number of halogens is 2. The zero-order chi connectivity index (χ0) is 17.6. The van der Waals surface area contributed by atoms with Gasteiger partial charge < -0.3 is 9.47 Å². The zero-order valence-corrected chi connectivity index (χ0v) is 15.1. The summed E-state index contributed by atoms with van der Waals surface area (Å²) < 4.78 is 15.5. The van der Waals surface area contributed by atoms with Crippen LogP contribution >= 0.6 is 11.6 Å². The van der Waals surface area contributed by atoms with Crippen molar-refractivity contribution in [1.29, 1.82) is 0 Å². The fourth-order valence-electron chi connectivity index (χ4n) is 3.63. The number of hydrogen-bond donors (Lipinski definition) is 0. The smallest absolute Gasteiger partial charge is 0.123 e. The van der Waals surface area contributed by atoms with Gasteiger partial charge >= 0.3 is 0 Å². The molecule has 2 heterocycles. The van der Waals surface area contributed by atoms with E-state index in [2.05, 4.69) is 41.8 Å². The molecule has 4 heteroatoms. The molecular formula is C21H20ClFN2. The molecule has 0 unspecified atom stereocenters. The number of rotatable bonds is 2. The predicted octanol–water partition coefficient (Wildman–Crippen LogP) is 5.44. The molecule has 0 aliphatic carbocycles. The van der Waals surface area contributed by atoms with E-state index in [0.29, 0.717) is 0 Å². The fraction of sp³-hybridized carbons (Fsp3) is 0.238. The molecule has 0 atom stereocenters. The van der Waals surface area contributed by atoms with Crippen molar-refractivity contribution in [3.05, 3.63) is 70.1 Å². The van der Waals surface area contributed by atoms with Crippen LogP contribution in [-0.2, 0) is 13.0 Å². The van der Waals surface area contributed by atoms with Crippen LogP contribution in [0.15, 0.2) is 42.5 Å². The van der Waals surface area contributed by atoms with E-state index >= 15 is 0 Å². The van der Waals surface area contributed by atoms with E-state index in [9.17, 15) is 4.39 Å². The number of hydrogen-bond acceptors (Lipinski definition) is 1. The molecule has 0 radical (unpaired) electrons. The maximum absolute atomic E-state index is 13.2. The number of fused-ring (bicyclic) bond motifs is 3. The first kappa shape index (κ1) is 16.4. The molecule has 0 spiro atoms. The molecule has 2 nitrogen and oxygen atoms in total. The second kappa shape index (κ2) is 6.32. The van der Waals surface area contributed by atoms with E-state index in [4.69, 9.17) is 11.6 Å². The quantitative estimate of drug-likeness (QED) is 0.595. The maximum atomic E-state index is 13.2. The largest absolute Gasteiger partial charge is 0.320 e. The van der Waals surface area contributed by atoms with E-state index in [1.165, 1.54) is 34.3 Å². The summed E-state index contributed by atoms with van der Waals surface area (Å²) in [5, 5.41) is 1.98. The molecule has 1 aromatic heterocycles. The number of nitrogens with zero attached hydrogens (tertiary/aromatic N) is 2. The standard InChI is InChI=1S/C21H20ClFN2/c1-14(15-3-6-17(23)7-4-15)12-25-20-8-5-16(22)11-18(20)19-13-24(2)10-9-21(19)25/h3-8,11-12H,9-10,13H2,1-2H3/b14-12-. The highest BCUT2D eigenvalue weighted by atomic mass is 35.5. The zero-order valence-electron chi connectivity index (χ0n) is 14.4. The lowest BCUT2D eigenvalue weighted by Crippen LogP contribution is -2.26. The first-order chi connectivity index (χ1) is 12.0. The molecule has 2 aromatic carbocycles. The summed E-state index contributed by atoms with van der Waals surface area (Å²) in [6.07, 6.45) is 3.17. The van der Waals surface area contributed by atoms with Gasteiger partial charge in [-0.15, -0.1) is 0 Å². The minimum Gasteiger partial charge on any atom is -0.320 e. The molecule has 0 saturated carbocycles. The van der Waals surface area contributed by atoms with Crippen molar-refractivity contribution in [2.24, 2.45) is 0 Å². The molecule has 0 amide bonds. The monoisotopic (exact) mass is 354 g/mol. The van der Waals surface area contributed by atoms with Crippen LogP contribution < -0.4 is 0 Å². The minimum atomic E-state index is -0.210. The van der Waals surface area contributed by atoms with Crippen molar-refractivity contribution >= 4 is 34.3 Å². The number of allylic oxidation sites excluding steroid dienone is 1. The van der Waals surface area contributed by atoms with Gasteiger partial charge in [0, 0.05) is 41.8 Å². The van der Waals surface area contributed by atoms with Gasteiger partial charge in [-0.25, -0.2) is 4.39 Å². The van der Waals surface area contributed by atoms with Gasteiger partial charge in [0.05, 0.1) is 5.52 Å². The highest BCUT2D eigenvalue weighted by Gasteiger charge is 2.22. The highest BCUT2D eigenvalue weighted by molar-refractivity contribution is 6.31. The van der Waals surface area contributed by atoms with Crippen LogP contribution in [0.4, 0.5) is 4.39 Å². The average Bonchev–Trinajstić information content (AvgIpc) is 2.88. The first-order valence-electron chi connectivity index (χ1n) is 8.47. The third-order valence-electron chi connectivity index (χ3n) is 4.96. The van der Waals surface area contributed by atoms with Crippen LogP contribution in [0, 0.1) is 5.82 Å². The van der Waals surface area contributed by atoms with Gasteiger partial charge in [-0.3, -0.25) is 0 Å². The topological polar surface area (TPSA) is 8.17 Å². The summed E-state index contributed by atoms with van der Waals surface area (Å²) in [6, 6.07) is 12.7. The van der Waals surface area contributed by atoms with Crippen LogP contribution in [0.5, 0.6) is 0 Å². The van der Waals surface area contributed by atoms with Crippen molar-refractivity contribution in [3.8, 4) is 0 Å². The lowest BCUT2D eigenvalue weighted by Gasteiger charge is -2.23. The second-order valence-electron chi connectivity index (χ2n) is 6.76. The van der Waals surface area contributed by atoms with Gasteiger partial charge in [-0.2, -0.15) is 0 Å². The normalized spacial score (nSPS) is 15.6. The maximum Gasteiger partial charge on any atom is 0.123 e. The summed E-state index contributed by atoms with van der Waals surface area (Å²) in [5.74, 6) is -0.210. The van der Waals surface area contributed by atoms with Gasteiger partial charge in [-0.1, -0.05) is 23.7 Å². The lowest BCUT2D eigenvalue weighted by atomic mass is 10.1. The third-order valence-corrected chi connectivity index (χ3v) is 5.20. The molecule has 0 bridgehead atoms. The van der Waals surface area contributed by atoms with Crippen LogP contribution in [0.1, 0.15) is 23.7 Å². The minimum absolute atomic E-state index is 0.210. The molecule has 4 rings (SSSR count). The molecule has 25 heavy (non-hydrogen) atoms. The molecule has 0 N–H and O–H groups in total. The molecule has 0 fully saturated rings. The Morgan fingerprint density at radius 3 is 2.68 bits per heavy atom. The number of likely N-dealkylation sites (N-methyl/N-ethyl adjacent to an activating group) is 1. The Balaban J connectivity index is 1.89. The third kappa shape index (κ3) is 2.99. The Morgan fingerprint density at radius 1 is 1.16 bits per heavy atom. The summed E-state index contributed by atoms with van der Waals surface area (Å²) in [7, 11) is 2.15. The van der Waals surface area contributed by atoms with E-state index in [1.807, 2.05) is 18.2 Å². The Labute approximate surface area is 152 Å². The van der Waals surface area contributed by atoms with Crippen molar-refractivity contribution < 1.29 is 4.39 Å². The second-order valence-corrected chi connectivity index (χ2v) is 7.20. The van der Waals surface area contributed by atoms with E-state index in [0.717, 1.165) is 35.7 Å². The Kier molecular flexibility index (Phi) is 4.14. The van der Waals surface area contributed by atoms with Gasteiger partial charge in [0.2, 0.25) is 0 Å². The number of benzene rings is 2. The lowest BCUT2D eigenvalue weighted by molar-refractivity contribution is 0.312. The molecular weight excluding hydrogens is 335 g/mol. The van der Waals surface area contributed by atoms with Crippen LogP contribution in [-0.4, -0.2) is 23.1 Å². The Morgan fingerprint density at radius 2 is 1.92 bits per heavy atom. The predicted molar refractivity (Wildman–Crippen MR) is 103 cm³/mol.